The zero-order valence-corrected chi connectivity index (χ0v) is 14.0. The van der Waals surface area contributed by atoms with Gasteiger partial charge in [0.25, 0.3) is 0 Å². The molecule has 0 aliphatic carbocycles. The van der Waals surface area contributed by atoms with E-state index in [2.05, 4.69) is 20.5 Å². The first-order chi connectivity index (χ1) is 11.7. The third-order valence-corrected chi connectivity index (χ3v) is 4.21. The molecule has 1 N–H and O–H groups in total. The molecular formula is C18H16N4OS. The number of hydrazone groups is 1. The number of nitrogens with one attached hydrogen (secondary N) is 1. The number of carbonyl (C=O) groups is 1. The Bertz CT molecular complexity index is 844. The number of nitrogens with zero attached hydrogens (tertiary/aromatic N) is 3. The van der Waals surface area contributed by atoms with E-state index in [0.717, 1.165) is 21.8 Å². The van der Waals surface area contributed by atoms with Crippen LogP contribution in [0.15, 0.2) is 65.3 Å². The summed E-state index contributed by atoms with van der Waals surface area (Å²) in [7, 11) is 0. The van der Waals surface area contributed by atoms with Crippen LogP contribution >= 0.6 is 11.3 Å². The number of aromatic nitrogens is 2. The van der Waals surface area contributed by atoms with Crippen LogP contribution in [0.2, 0.25) is 0 Å². The number of thiazole rings is 1. The van der Waals surface area contributed by atoms with Crippen molar-refractivity contribution in [3.8, 4) is 11.3 Å². The number of rotatable bonds is 5. The van der Waals surface area contributed by atoms with Gasteiger partial charge in [-0.1, -0.05) is 36.4 Å². The molecule has 3 aromatic rings. The van der Waals surface area contributed by atoms with Crippen LogP contribution in [0, 0.1) is 0 Å². The molecule has 0 bridgehead atoms. The minimum atomic E-state index is -0.188. The Morgan fingerprint density at radius 2 is 2.04 bits per heavy atom. The van der Waals surface area contributed by atoms with Crippen molar-refractivity contribution in [2.24, 2.45) is 5.10 Å². The Kier molecular flexibility index (Phi) is 5.08. The van der Waals surface area contributed by atoms with Crippen molar-refractivity contribution in [3.05, 3.63) is 70.8 Å². The summed E-state index contributed by atoms with van der Waals surface area (Å²) < 4.78 is 0. The van der Waals surface area contributed by atoms with Gasteiger partial charge in [0.1, 0.15) is 5.01 Å². The lowest BCUT2D eigenvalue weighted by atomic mass is 10.2. The molecule has 0 unspecified atom stereocenters. The second-order valence-electron chi connectivity index (χ2n) is 5.14. The molecule has 1 aromatic carbocycles. The van der Waals surface area contributed by atoms with Gasteiger partial charge < -0.3 is 0 Å². The fraction of sp³-hybridized carbons (Fsp3) is 0.111. The second kappa shape index (κ2) is 7.61. The molecule has 3 rings (SSSR count). The van der Waals surface area contributed by atoms with Crippen LogP contribution in [0.4, 0.5) is 0 Å². The zero-order valence-electron chi connectivity index (χ0n) is 13.1. The molecule has 5 nitrogen and oxygen atoms in total. The van der Waals surface area contributed by atoms with Crippen molar-refractivity contribution >= 4 is 23.0 Å². The number of pyridine rings is 1. The lowest BCUT2D eigenvalue weighted by molar-refractivity contribution is -0.120. The maximum Gasteiger partial charge on any atom is 0.246 e. The van der Waals surface area contributed by atoms with E-state index in [9.17, 15) is 4.79 Å². The number of hydrogen-bond acceptors (Lipinski definition) is 5. The van der Waals surface area contributed by atoms with Crippen LogP contribution in [0.3, 0.4) is 0 Å². The highest BCUT2D eigenvalue weighted by atomic mass is 32.1. The van der Waals surface area contributed by atoms with Gasteiger partial charge in [-0.25, -0.2) is 10.4 Å². The highest BCUT2D eigenvalue weighted by Gasteiger charge is 2.09. The van der Waals surface area contributed by atoms with Crippen LogP contribution in [0.1, 0.15) is 17.5 Å². The monoisotopic (exact) mass is 336 g/mol. The highest BCUT2D eigenvalue weighted by molar-refractivity contribution is 7.10. The third kappa shape index (κ3) is 4.11. The van der Waals surface area contributed by atoms with Gasteiger partial charge >= 0.3 is 0 Å². The lowest BCUT2D eigenvalue weighted by Crippen LogP contribution is -2.21. The van der Waals surface area contributed by atoms with E-state index in [0.29, 0.717) is 5.71 Å². The van der Waals surface area contributed by atoms with Crippen molar-refractivity contribution in [2.45, 2.75) is 13.3 Å². The third-order valence-electron chi connectivity index (χ3n) is 3.36. The van der Waals surface area contributed by atoms with E-state index in [1.807, 2.05) is 54.8 Å². The molecule has 0 saturated carbocycles. The maximum atomic E-state index is 12.0. The number of benzene rings is 1. The smallest absolute Gasteiger partial charge is 0.246 e. The van der Waals surface area contributed by atoms with Gasteiger partial charge in [-0.3, -0.25) is 9.78 Å². The highest BCUT2D eigenvalue weighted by Crippen LogP contribution is 2.21. The largest absolute Gasteiger partial charge is 0.273 e. The van der Waals surface area contributed by atoms with Crippen LogP contribution in [0.5, 0.6) is 0 Å². The van der Waals surface area contributed by atoms with Crippen molar-refractivity contribution in [1.82, 2.24) is 15.4 Å². The first-order valence-electron chi connectivity index (χ1n) is 7.46. The van der Waals surface area contributed by atoms with Crippen molar-refractivity contribution in [1.29, 1.82) is 0 Å². The van der Waals surface area contributed by atoms with E-state index >= 15 is 0 Å². The van der Waals surface area contributed by atoms with Gasteiger partial charge in [-0.15, -0.1) is 11.3 Å². The average Bonchev–Trinajstić information content (AvgIpc) is 3.09. The summed E-state index contributed by atoms with van der Waals surface area (Å²) >= 11 is 1.47. The number of carbonyl (C=O) groups excluding carboxylic acids is 1. The summed E-state index contributed by atoms with van der Waals surface area (Å²) in [6.07, 6.45) is 3.61. The summed E-state index contributed by atoms with van der Waals surface area (Å²) in [6, 6.07) is 13.6. The topological polar surface area (TPSA) is 67.2 Å². The normalized spacial score (nSPS) is 11.3. The van der Waals surface area contributed by atoms with Gasteiger partial charge in [0.05, 0.1) is 17.8 Å². The molecule has 0 aliphatic rings. The summed E-state index contributed by atoms with van der Waals surface area (Å²) in [5.41, 5.74) is 6.08. The summed E-state index contributed by atoms with van der Waals surface area (Å²) in [6.45, 7) is 1.83. The first kappa shape index (κ1) is 16.0. The van der Waals surface area contributed by atoms with E-state index in [1.54, 1.807) is 12.4 Å². The minimum Gasteiger partial charge on any atom is -0.273 e. The van der Waals surface area contributed by atoms with Crippen molar-refractivity contribution in [3.63, 3.8) is 0 Å². The Morgan fingerprint density at radius 1 is 1.21 bits per heavy atom. The van der Waals surface area contributed by atoms with E-state index in [-0.39, 0.29) is 12.3 Å². The van der Waals surface area contributed by atoms with E-state index in [1.165, 1.54) is 11.3 Å². The Labute approximate surface area is 144 Å². The molecule has 0 aliphatic heterocycles. The van der Waals surface area contributed by atoms with Crippen molar-refractivity contribution in [2.75, 3.05) is 0 Å². The molecule has 2 heterocycles. The van der Waals surface area contributed by atoms with Crippen LogP contribution in [-0.2, 0) is 11.2 Å². The summed E-state index contributed by atoms with van der Waals surface area (Å²) in [5.74, 6) is -0.188. The molecule has 1 amide bonds. The quantitative estimate of drug-likeness (QED) is 0.574. The molecule has 0 atom stereocenters. The molecule has 0 fully saturated rings. The predicted molar refractivity (Wildman–Crippen MR) is 95.8 cm³/mol. The molecule has 0 spiro atoms. The van der Waals surface area contributed by atoms with E-state index < -0.39 is 0 Å². The first-order valence-corrected chi connectivity index (χ1v) is 8.33. The number of amides is 1. The molecule has 6 heteroatoms. The summed E-state index contributed by atoms with van der Waals surface area (Å²) in [5, 5.41) is 6.83. The Hall–Kier alpha value is -2.86. The van der Waals surface area contributed by atoms with Gasteiger partial charge in [-0.2, -0.15) is 5.10 Å². The van der Waals surface area contributed by atoms with Gasteiger partial charge in [-0.05, 0) is 13.0 Å². The fourth-order valence-corrected chi connectivity index (χ4v) is 2.90. The average molecular weight is 336 g/mol. The standard InChI is InChI=1S/C18H16N4OS/c1-13(15-8-5-9-19-11-15)21-22-17(23)10-18-20-16(12-24-18)14-6-3-2-4-7-14/h2-9,11-12H,10H2,1H3,(H,22,23)/b21-13-. The zero-order chi connectivity index (χ0) is 16.8. The predicted octanol–water partition coefficient (Wildman–Crippen LogP) is 3.29. The molecule has 120 valence electrons. The molecule has 2 aromatic heterocycles. The van der Waals surface area contributed by atoms with Crippen molar-refractivity contribution < 1.29 is 4.79 Å². The Morgan fingerprint density at radius 3 is 2.79 bits per heavy atom. The van der Waals surface area contributed by atoms with Gasteiger partial charge in [0.15, 0.2) is 0 Å². The SMILES string of the molecule is C/C(=N/NC(=O)Cc1nc(-c2ccccc2)cs1)c1cccnc1. The van der Waals surface area contributed by atoms with Crippen LogP contribution < -0.4 is 5.43 Å². The fourth-order valence-electron chi connectivity index (χ4n) is 2.10. The lowest BCUT2D eigenvalue weighted by Gasteiger charge is -2.01. The van der Waals surface area contributed by atoms with Gasteiger partial charge in [0, 0.05) is 28.9 Å². The Balaban J connectivity index is 1.61. The maximum absolute atomic E-state index is 12.0. The molecular weight excluding hydrogens is 320 g/mol. The summed E-state index contributed by atoms with van der Waals surface area (Å²) in [4.78, 5) is 20.6. The van der Waals surface area contributed by atoms with Gasteiger partial charge in [0.2, 0.25) is 5.91 Å². The number of hydrogen-bond donors (Lipinski definition) is 1. The molecule has 0 saturated heterocycles. The minimum absolute atomic E-state index is 0.188. The molecule has 24 heavy (non-hydrogen) atoms. The molecule has 0 radical (unpaired) electrons. The van der Waals surface area contributed by atoms with E-state index in [4.69, 9.17) is 0 Å². The van der Waals surface area contributed by atoms with Crippen LogP contribution in [0.25, 0.3) is 11.3 Å². The van der Waals surface area contributed by atoms with Crippen LogP contribution in [-0.4, -0.2) is 21.6 Å². The second-order valence-corrected chi connectivity index (χ2v) is 6.09.